The van der Waals surface area contributed by atoms with E-state index in [4.69, 9.17) is 5.73 Å². The normalized spacial score (nSPS) is 23.4. The van der Waals surface area contributed by atoms with Crippen LogP contribution in [0.4, 0.5) is 0 Å². The first-order valence-electron chi connectivity index (χ1n) is 6.89. The quantitative estimate of drug-likeness (QED) is 0.689. The molecule has 1 nitrogen and oxygen atoms in total. The lowest BCUT2D eigenvalue weighted by atomic mass is 9.81. The van der Waals surface area contributed by atoms with Gasteiger partial charge in [0.2, 0.25) is 0 Å². The molecule has 1 heteroatoms. The van der Waals surface area contributed by atoms with Gasteiger partial charge in [-0.1, -0.05) is 51.4 Å². The molecule has 1 aliphatic carbocycles. The molecule has 0 heterocycles. The summed E-state index contributed by atoms with van der Waals surface area (Å²) in [6.45, 7) is 4.41. The highest BCUT2D eigenvalue weighted by atomic mass is 14.7. The van der Waals surface area contributed by atoms with E-state index in [-0.39, 0.29) is 5.54 Å². The topological polar surface area (TPSA) is 26.0 Å². The summed E-state index contributed by atoms with van der Waals surface area (Å²) in [6, 6.07) is 0. The molecule has 1 aliphatic rings. The van der Waals surface area contributed by atoms with Crippen molar-refractivity contribution in [3.8, 4) is 0 Å². The summed E-state index contributed by atoms with van der Waals surface area (Å²) in [6.07, 6.45) is 14.1. The zero-order valence-corrected chi connectivity index (χ0v) is 10.7. The van der Waals surface area contributed by atoms with Crippen molar-refractivity contribution in [2.75, 3.05) is 0 Å². The lowest BCUT2D eigenvalue weighted by Crippen LogP contribution is -2.40. The molecule has 0 spiro atoms. The first-order chi connectivity index (χ1) is 7.11. The maximum absolute atomic E-state index is 6.26. The molecular weight excluding hydrogens is 182 g/mol. The fraction of sp³-hybridized carbons (Fsp3) is 1.00. The molecule has 0 aromatic heterocycles. The van der Waals surface area contributed by atoms with Gasteiger partial charge in [0, 0.05) is 5.54 Å². The molecule has 0 unspecified atom stereocenters. The summed E-state index contributed by atoms with van der Waals surface area (Å²) in [4.78, 5) is 0. The highest BCUT2D eigenvalue weighted by Gasteiger charge is 2.24. The van der Waals surface area contributed by atoms with Crippen molar-refractivity contribution in [2.24, 2.45) is 11.7 Å². The van der Waals surface area contributed by atoms with Crippen LogP contribution >= 0.6 is 0 Å². The Morgan fingerprint density at radius 1 is 0.733 bits per heavy atom. The molecule has 1 rings (SSSR count). The van der Waals surface area contributed by atoms with Crippen LogP contribution in [-0.2, 0) is 0 Å². The highest BCUT2D eigenvalue weighted by Crippen LogP contribution is 2.27. The second-order valence-electron chi connectivity index (χ2n) is 5.92. The third kappa shape index (κ3) is 5.55. The van der Waals surface area contributed by atoms with Gasteiger partial charge in [-0.05, 0) is 32.6 Å². The third-order valence-corrected chi connectivity index (χ3v) is 3.91. The Balaban J connectivity index is 2.39. The zero-order valence-electron chi connectivity index (χ0n) is 10.7. The number of hydrogen-bond acceptors (Lipinski definition) is 1. The van der Waals surface area contributed by atoms with Gasteiger partial charge in [0.15, 0.2) is 0 Å². The summed E-state index contributed by atoms with van der Waals surface area (Å²) in [5.74, 6) is 0.746. The van der Waals surface area contributed by atoms with E-state index < -0.39 is 0 Å². The summed E-state index contributed by atoms with van der Waals surface area (Å²) < 4.78 is 0. The minimum atomic E-state index is 0.0358. The molecule has 1 saturated carbocycles. The molecule has 0 aromatic rings. The van der Waals surface area contributed by atoms with Gasteiger partial charge in [-0.15, -0.1) is 0 Å². The van der Waals surface area contributed by atoms with E-state index >= 15 is 0 Å². The first kappa shape index (κ1) is 13.0. The Bertz CT molecular complexity index is 145. The molecule has 90 valence electrons. The fourth-order valence-electron chi connectivity index (χ4n) is 2.73. The van der Waals surface area contributed by atoms with E-state index in [2.05, 4.69) is 13.8 Å². The van der Waals surface area contributed by atoms with Crippen molar-refractivity contribution in [3.05, 3.63) is 0 Å². The Morgan fingerprint density at radius 2 is 1.07 bits per heavy atom. The Labute approximate surface area is 95.8 Å². The van der Waals surface area contributed by atoms with Crippen molar-refractivity contribution in [2.45, 2.75) is 83.6 Å². The molecule has 0 amide bonds. The van der Waals surface area contributed by atoms with E-state index in [1.807, 2.05) is 0 Å². The molecule has 0 saturated heterocycles. The molecule has 0 bridgehead atoms. The summed E-state index contributed by atoms with van der Waals surface area (Å²) >= 11 is 0. The zero-order chi connectivity index (χ0) is 11.1. The Morgan fingerprint density at radius 3 is 1.40 bits per heavy atom. The van der Waals surface area contributed by atoms with Crippen molar-refractivity contribution < 1.29 is 0 Å². The maximum atomic E-state index is 6.26. The number of nitrogens with two attached hydrogens (primary N) is 1. The van der Waals surface area contributed by atoms with Crippen LogP contribution in [0.25, 0.3) is 0 Å². The maximum Gasteiger partial charge on any atom is 0.0125 e. The van der Waals surface area contributed by atoms with Gasteiger partial charge in [0.1, 0.15) is 0 Å². The van der Waals surface area contributed by atoms with Crippen LogP contribution in [0.15, 0.2) is 0 Å². The molecule has 0 radical (unpaired) electrons. The fourth-order valence-corrected chi connectivity index (χ4v) is 2.73. The Kier molecular flexibility index (Phi) is 5.66. The minimum absolute atomic E-state index is 0.0358. The van der Waals surface area contributed by atoms with Gasteiger partial charge < -0.3 is 5.73 Å². The van der Waals surface area contributed by atoms with E-state index in [0.717, 1.165) is 5.92 Å². The first-order valence-corrected chi connectivity index (χ1v) is 6.89. The summed E-state index contributed by atoms with van der Waals surface area (Å²) in [5.41, 5.74) is 6.30. The van der Waals surface area contributed by atoms with Gasteiger partial charge >= 0.3 is 0 Å². The largest absolute Gasteiger partial charge is 0.325 e. The molecule has 15 heavy (non-hydrogen) atoms. The average Bonchev–Trinajstić information content (AvgIpc) is 2.20. The lowest BCUT2D eigenvalue weighted by molar-refractivity contribution is 0.269. The van der Waals surface area contributed by atoms with E-state index in [0.29, 0.717) is 0 Å². The van der Waals surface area contributed by atoms with Crippen LogP contribution < -0.4 is 5.73 Å². The van der Waals surface area contributed by atoms with E-state index in [1.165, 1.54) is 64.2 Å². The second-order valence-corrected chi connectivity index (χ2v) is 5.92. The van der Waals surface area contributed by atoms with Crippen molar-refractivity contribution in [1.82, 2.24) is 0 Å². The van der Waals surface area contributed by atoms with E-state index in [1.54, 1.807) is 0 Å². The lowest BCUT2D eigenvalue weighted by Gasteiger charge is -2.30. The van der Waals surface area contributed by atoms with Crippen LogP contribution in [0.3, 0.4) is 0 Å². The average molecular weight is 211 g/mol. The van der Waals surface area contributed by atoms with Gasteiger partial charge in [0.25, 0.3) is 0 Å². The smallest absolute Gasteiger partial charge is 0.0125 e. The Hall–Kier alpha value is -0.0400. The van der Waals surface area contributed by atoms with E-state index in [9.17, 15) is 0 Å². The number of hydrogen-bond donors (Lipinski definition) is 1. The molecule has 2 N–H and O–H groups in total. The van der Waals surface area contributed by atoms with Gasteiger partial charge in [-0.2, -0.15) is 0 Å². The van der Waals surface area contributed by atoms with Gasteiger partial charge in [0.05, 0.1) is 0 Å². The molecule has 1 fully saturated rings. The van der Waals surface area contributed by atoms with Crippen LogP contribution in [-0.4, -0.2) is 5.54 Å². The van der Waals surface area contributed by atoms with Gasteiger partial charge in [-0.3, -0.25) is 0 Å². The summed E-state index contributed by atoms with van der Waals surface area (Å²) in [5, 5.41) is 0. The summed E-state index contributed by atoms with van der Waals surface area (Å²) in [7, 11) is 0. The second kappa shape index (κ2) is 6.52. The van der Waals surface area contributed by atoms with Crippen molar-refractivity contribution >= 4 is 0 Å². The van der Waals surface area contributed by atoms with Crippen molar-refractivity contribution in [3.63, 3.8) is 0 Å². The monoisotopic (exact) mass is 211 g/mol. The van der Waals surface area contributed by atoms with Gasteiger partial charge in [-0.25, -0.2) is 0 Å². The predicted octanol–water partition coefficient (Wildman–Crippen LogP) is 4.25. The van der Waals surface area contributed by atoms with Crippen molar-refractivity contribution in [1.29, 1.82) is 0 Å². The minimum Gasteiger partial charge on any atom is -0.325 e. The molecular formula is C14H29N. The molecule has 0 aromatic carbocycles. The third-order valence-electron chi connectivity index (χ3n) is 3.91. The number of rotatable bonds is 1. The van der Waals surface area contributed by atoms with Crippen LogP contribution in [0.5, 0.6) is 0 Å². The van der Waals surface area contributed by atoms with Crippen LogP contribution in [0.1, 0.15) is 78.1 Å². The SMILES string of the molecule is CC(C)(N)C1CCCCCCCCCC1. The van der Waals surface area contributed by atoms with Crippen LogP contribution in [0.2, 0.25) is 0 Å². The standard InChI is InChI=1S/C14H29N/c1-14(2,15)13-11-9-7-5-3-4-6-8-10-12-13/h13H,3-12,15H2,1-2H3. The molecule has 0 atom stereocenters. The predicted molar refractivity (Wildman–Crippen MR) is 67.9 cm³/mol. The molecule has 0 aliphatic heterocycles. The highest BCUT2D eigenvalue weighted by molar-refractivity contribution is 4.82. The van der Waals surface area contributed by atoms with Crippen LogP contribution in [0, 0.1) is 5.92 Å².